The smallest absolute Gasteiger partial charge is 0.235 e. The largest absolute Gasteiger partial charge is 0.304 e. The van der Waals surface area contributed by atoms with Gasteiger partial charge in [0.15, 0.2) is 0 Å². The number of carbonyl (C=O) groups excluding carboxylic acids is 2. The average Bonchev–Trinajstić information content (AvgIpc) is 2.86. The molecule has 4 nitrogen and oxygen atoms in total. The molecule has 2 aliphatic rings. The molecule has 1 heterocycles. The number of carbonyl (C=O) groups is 2. The Kier molecular flexibility index (Phi) is 7.69. The number of hydrogen-bond acceptors (Lipinski definition) is 3. The summed E-state index contributed by atoms with van der Waals surface area (Å²) in [6, 6.07) is 0. The summed E-state index contributed by atoms with van der Waals surface area (Å²) in [4.78, 5) is 29.6. The predicted molar refractivity (Wildman–Crippen MR) is 107 cm³/mol. The van der Waals surface area contributed by atoms with Gasteiger partial charge in [-0.05, 0) is 70.0 Å². The summed E-state index contributed by atoms with van der Waals surface area (Å²) in [7, 11) is 0. The molecule has 2 fully saturated rings. The molecule has 1 spiro atoms. The molecule has 2 amide bonds. The molecular weight excluding hydrogens is 324 g/mol. The van der Waals surface area contributed by atoms with Crippen molar-refractivity contribution in [2.45, 2.75) is 91.9 Å². The Morgan fingerprint density at radius 2 is 1.50 bits per heavy atom. The highest BCUT2D eigenvalue weighted by Crippen LogP contribution is 2.54. The first-order valence-electron chi connectivity index (χ1n) is 11.0. The lowest BCUT2D eigenvalue weighted by atomic mass is 9.60. The second-order valence-electron chi connectivity index (χ2n) is 8.69. The maximum atomic E-state index is 13.1. The van der Waals surface area contributed by atoms with Crippen LogP contribution in [-0.2, 0) is 9.59 Å². The third-order valence-electron chi connectivity index (χ3n) is 7.07. The Morgan fingerprint density at radius 1 is 0.923 bits per heavy atom. The summed E-state index contributed by atoms with van der Waals surface area (Å²) in [6.07, 6.45) is 10.4. The van der Waals surface area contributed by atoms with Gasteiger partial charge in [-0.25, -0.2) is 0 Å². The topological polar surface area (TPSA) is 40.6 Å². The molecule has 0 aromatic carbocycles. The van der Waals surface area contributed by atoms with Gasteiger partial charge in [0, 0.05) is 13.0 Å². The lowest BCUT2D eigenvalue weighted by Crippen LogP contribution is -2.41. The van der Waals surface area contributed by atoms with Crippen molar-refractivity contribution in [3.8, 4) is 0 Å². The Morgan fingerprint density at radius 3 is 2.00 bits per heavy atom. The van der Waals surface area contributed by atoms with E-state index in [1.807, 2.05) is 0 Å². The molecule has 0 aromatic rings. The molecule has 0 unspecified atom stereocenters. The molecule has 0 radical (unpaired) electrons. The first-order valence-corrected chi connectivity index (χ1v) is 11.0. The van der Waals surface area contributed by atoms with Crippen molar-refractivity contribution >= 4 is 11.8 Å². The molecule has 0 N–H and O–H groups in total. The zero-order valence-electron chi connectivity index (χ0n) is 17.6. The fourth-order valence-corrected chi connectivity index (χ4v) is 5.41. The Bertz CT molecular complexity index is 469. The highest BCUT2D eigenvalue weighted by molar-refractivity contribution is 6.05. The quantitative estimate of drug-likeness (QED) is 0.531. The summed E-state index contributed by atoms with van der Waals surface area (Å²) in [5.74, 6) is 0.219. The van der Waals surface area contributed by atoms with Gasteiger partial charge in [-0.2, -0.15) is 0 Å². The van der Waals surface area contributed by atoms with E-state index in [1.54, 1.807) is 4.90 Å². The molecular formula is C22H40N2O2. The summed E-state index contributed by atoms with van der Waals surface area (Å²) >= 11 is 0. The zero-order chi connectivity index (χ0) is 19.2. The molecule has 0 bridgehead atoms. The average molecular weight is 365 g/mol. The second kappa shape index (κ2) is 9.34. The molecule has 1 aliphatic carbocycles. The van der Waals surface area contributed by atoms with Gasteiger partial charge >= 0.3 is 0 Å². The van der Waals surface area contributed by atoms with Gasteiger partial charge in [-0.3, -0.25) is 14.5 Å². The second-order valence-corrected chi connectivity index (χ2v) is 8.69. The van der Waals surface area contributed by atoms with Crippen LogP contribution in [0.5, 0.6) is 0 Å². The fourth-order valence-electron chi connectivity index (χ4n) is 5.41. The van der Waals surface area contributed by atoms with Crippen LogP contribution in [0, 0.1) is 10.8 Å². The first-order chi connectivity index (χ1) is 12.5. The summed E-state index contributed by atoms with van der Waals surface area (Å²) in [6.45, 7) is 12.5. The minimum Gasteiger partial charge on any atom is -0.304 e. The molecule has 1 saturated heterocycles. The van der Waals surface area contributed by atoms with E-state index in [2.05, 4.69) is 32.6 Å². The van der Waals surface area contributed by atoms with Crippen LogP contribution in [0.15, 0.2) is 0 Å². The molecule has 2 rings (SSSR count). The number of hydrogen-bond donors (Lipinski definition) is 0. The molecule has 150 valence electrons. The van der Waals surface area contributed by atoms with E-state index in [4.69, 9.17) is 0 Å². The van der Waals surface area contributed by atoms with Gasteiger partial charge in [0.1, 0.15) is 0 Å². The van der Waals surface area contributed by atoms with Crippen molar-refractivity contribution in [2.75, 3.05) is 26.2 Å². The van der Waals surface area contributed by atoms with E-state index in [0.717, 1.165) is 51.7 Å². The summed E-state index contributed by atoms with van der Waals surface area (Å²) in [5.41, 5.74) is 0.0610. The highest BCUT2D eigenvalue weighted by atomic mass is 16.2. The number of nitrogens with zero attached hydrogens (tertiary/aromatic N) is 2. The highest BCUT2D eigenvalue weighted by Gasteiger charge is 2.54. The Hall–Kier alpha value is -0.900. The summed E-state index contributed by atoms with van der Waals surface area (Å²) in [5, 5.41) is 0. The van der Waals surface area contributed by atoms with Crippen molar-refractivity contribution in [3.63, 3.8) is 0 Å². The van der Waals surface area contributed by atoms with Crippen molar-refractivity contribution in [1.82, 2.24) is 9.80 Å². The van der Waals surface area contributed by atoms with Crippen LogP contribution in [-0.4, -0.2) is 47.8 Å². The third-order valence-corrected chi connectivity index (χ3v) is 7.07. The van der Waals surface area contributed by atoms with E-state index < -0.39 is 0 Å². The van der Waals surface area contributed by atoms with Gasteiger partial charge in [0.2, 0.25) is 11.8 Å². The molecule has 0 aromatic heterocycles. The van der Waals surface area contributed by atoms with E-state index in [9.17, 15) is 9.59 Å². The van der Waals surface area contributed by atoms with Gasteiger partial charge in [0.25, 0.3) is 0 Å². The zero-order valence-corrected chi connectivity index (χ0v) is 17.6. The van der Waals surface area contributed by atoms with Gasteiger partial charge in [-0.15, -0.1) is 0 Å². The van der Waals surface area contributed by atoms with Crippen LogP contribution in [0.4, 0.5) is 0 Å². The van der Waals surface area contributed by atoms with Crippen LogP contribution in [0.2, 0.25) is 0 Å². The number of imide groups is 1. The molecule has 26 heavy (non-hydrogen) atoms. The van der Waals surface area contributed by atoms with Crippen molar-refractivity contribution < 1.29 is 9.59 Å². The maximum Gasteiger partial charge on any atom is 0.235 e. The number of rotatable bonds is 10. The molecule has 1 saturated carbocycles. The van der Waals surface area contributed by atoms with E-state index in [-0.39, 0.29) is 17.2 Å². The van der Waals surface area contributed by atoms with Crippen LogP contribution in [0.25, 0.3) is 0 Å². The monoisotopic (exact) mass is 364 g/mol. The molecule has 1 aliphatic heterocycles. The molecule has 0 atom stereocenters. The molecule has 4 heteroatoms. The van der Waals surface area contributed by atoms with Crippen molar-refractivity contribution in [3.05, 3.63) is 0 Å². The standard InChI is InChI=1S/C22H40N2O2/c1-5-10-21(11-6-2)12-14-22(15-13-21)18-19(25)24(20(22)26)17-9-16-23(7-3)8-4/h5-18H2,1-4H3. The van der Waals surface area contributed by atoms with Gasteiger partial charge in [0.05, 0.1) is 5.41 Å². The Balaban J connectivity index is 1.95. The first kappa shape index (κ1) is 21.4. The van der Waals surface area contributed by atoms with E-state index >= 15 is 0 Å². The van der Waals surface area contributed by atoms with Crippen LogP contribution in [0.1, 0.15) is 91.9 Å². The van der Waals surface area contributed by atoms with Crippen molar-refractivity contribution in [2.24, 2.45) is 10.8 Å². The third kappa shape index (κ3) is 4.49. The number of amides is 2. The number of likely N-dealkylation sites (tertiary alicyclic amines) is 1. The lowest BCUT2D eigenvalue weighted by Gasteiger charge is -2.44. The normalized spacial score (nSPS) is 22.0. The van der Waals surface area contributed by atoms with E-state index in [1.165, 1.54) is 25.7 Å². The lowest BCUT2D eigenvalue weighted by molar-refractivity contribution is -0.143. The Labute approximate surface area is 160 Å². The van der Waals surface area contributed by atoms with Crippen LogP contribution >= 0.6 is 0 Å². The predicted octanol–water partition coefficient (Wildman–Crippen LogP) is 4.62. The van der Waals surface area contributed by atoms with Gasteiger partial charge < -0.3 is 4.90 Å². The minimum atomic E-state index is -0.364. The van der Waals surface area contributed by atoms with E-state index in [0.29, 0.717) is 18.4 Å². The van der Waals surface area contributed by atoms with Crippen molar-refractivity contribution in [1.29, 1.82) is 0 Å². The van der Waals surface area contributed by atoms with Gasteiger partial charge in [-0.1, -0.05) is 40.5 Å². The maximum absolute atomic E-state index is 13.1. The minimum absolute atomic E-state index is 0.0769. The SMILES string of the molecule is CCCC1(CCC)CCC2(CC1)CC(=O)N(CCCN(CC)CC)C2=O. The van der Waals surface area contributed by atoms with Crippen LogP contribution in [0.3, 0.4) is 0 Å². The van der Waals surface area contributed by atoms with Crippen LogP contribution < -0.4 is 0 Å². The summed E-state index contributed by atoms with van der Waals surface area (Å²) < 4.78 is 0. The fraction of sp³-hybridized carbons (Fsp3) is 0.909.